The summed E-state index contributed by atoms with van der Waals surface area (Å²) in [6.07, 6.45) is 1.04. The van der Waals surface area contributed by atoms with Crippen molar-refractivity contribution in [3.63, 3.8) is 0 Å². The number of rotatable bonds is 4. The molecule has 4 N–H and O–H groups in total. The summed E-state index contributed by atoms with van der Waals surface area (Å²) in [4.78, 5) is 35.2. The summed E-state index contributed by atoms with van der Waals surface area (Å²) in [5.74, 6) is -3.81. The number of hydrogen-bond acceptors (Lipinski definition) is 6. The van der Waals surface area contributed by atoms with Crippen LogP contribution in [0.15, 0.2) is 54.6 Å². The summed E-state index contributed by atoms with van der Waals surface area (Å²) in [5.41, 5.74) is 2.13. The quantitative estimate of drug-likeness (QED) is 0.325. The maximum Gasteiger partial charge on any atom is 0.310 e. The van der Waals surface area contributed by atoms with E-state index in [0.29, 0.717) is 5.92 Å². The van der Waals surface area contributed by atoms with Gasteiger partial charge in [0.1, 0.15) is 0 Å². The average Bonchev–Trinajstić information content (AvgIpc) is 2.81. The molecule has 1 aliphatic carbocycles. The van der Waals surface area contributed by atoms with Crippen molar-refractivity contribution in [1.82, 2.24) is 0 Å². The number of carbonyl (C=O) groups is 3. The van der Waals surface area contributed by atoms with Gasteiger partial charge in [0, 0.05) is 16.7 Å². The van der Waals surface area contributed by atoms with Crippen LogP contribution in [-0.4, -0.2) is 38.0 Å². The number of carboxylic acids is 1. The third-order valence-electron chi connectivity index (χ3n) is 5.64. The monoisotopic (exact) mass is 462 g/mol. The molecule has 0 heterocycles. The Kier molecular flexibility index (Phi) is 7.05. The predicted molar refractivity (Wildman–Crippen MR) is 126 cm³/mol. The van der Waals surface area contributed by atoms with E-state index in [4.69, 9.17) is 5.11 Å². The lowest BCUT2D eigenvalue weighted by molar-refractivity contribution is -0.138. The fraction of sp³-hybridized carbons (Fsp3) is 0.222. The normalized spacial score (nSPS) is 12.9. The smallest absolute Gasteiger partial charge is 0.310 e. The summed E-state index contributed by atoms with van der Waals surface area (Å²) in [6, 6.07) is 15.1. The number of ketones is 2. The van der Waals surface area contributed by atoms with E-state index in [9.17, 15) is 29.7 Å². The largest absolute Gasteiger partial charge is 0.504 e. The number of phenolic OH excluding ortho intramolecular Hbond substituents is 3. The summed E-state index contributed by atoms with van der Waals surface area (Å²) < 4.78 is 0. The zero-order chi connectivity index (χ0) is 25.2. The lowest BCUT2D eigenvalue weighted by Gasteiger charge is -2.19. The van der Waals surface area contributed by atoms with Gasteiger partial charge in [0.15, 0.2) is 23.1 Å². The fourth-order valence-electron chi connectivity index (χ4n) is 3.77. The van der Waals surface area contributed by atoms with E-state index >= 15 is 0 Å². The number of aliphatic carboxylic acids is 1. The minimum Gasteiger partial charge on any atom is -0.504 e. The van der Waals surface area contributed by atoms with Gasteiger partial charge < -0.3 is 20.4 Å². The van der Waals surface area contributed by atoms with Gasteiger partial charge in [-0.1, -0.05) is 62.4 Å². The molecule has 0 saturated heterocycles. The second kappa shape index (κ2) is 9.79. The first-order chi connectivity index (χ1) is 16.0. The molecule has 0 bridgehead atoms. The maximum absolute atomic E-state index is 12.2. The van der Waals surface area contributed by atoms with Crippen molar-refractivity contribution in [2.75, 3.05) is 0 Å². The van der Waals surface area contributed by atoms with Crippen LogP contribution in [0.25, 0.3) is 0 Å². The molecule has 34 heavy (non-hydrogen) atoms. The number of aromatic hydroxyl groups is 3. The molecule has 1 aliphatic rings. The van der Waals surface area contributed by atoms with E-state index in [-0.39, 0.29) is 22.3 Å². The highest BCUT2D eigenvalue weighted by molar-refractivity contribution is 6.29. The lowest BCUT2D eigenvalue weighted by atomic mass is 9.83. The van der Waals surface area contributed by atoms with Crippen LogP contribution in [0.4, 0.5) is 0 Å². The molecule has 0 amide bonds. The van der Waals surface area contributed by atoms with Crippen molar-refractivity contribution in [3.8, 4) is 17.2 Å². The van der Waals surface area contributed by atoms with Crippen LogP contribution in [0.1, 0.15) is 69.7 Å². The van der Waals surface area contributed by atoms with Gasteiger partial charge in [-0.3, -0.25) is 14.4 Å². The van der Waals surface area contributed by atoms with Gasteiger partial charge in [-0.25, -0.2) is 0 Å². The van der Waals surface area contributed by atoms with Gasteiger partial charge in [-0.2, -0.15) is 0 Å². The molecule has 0 spiro atoms. The number of phenols is 3. The SMILES string of the molecule is CC(C)Cc1ccc(C(C)C(=O)O)cc1.O=C1c2ccccc2C(=O)c2c1cc(O)c(O)c2O. The van der Waals surface area contributed by atoms with Crippen LogP contribution in [0.3, 0.4) is 0 Å². The van der Waals surface area contributed by atoms with Crippen molar-refractivity contribution in [3.05, 3.63) is 88.0 Å². The Balaban J connectivity index is 0.000000197. The van der Waals surface area contributed by atoms with Gasteiger partial charge in [0.25, 0.3) is 0 Å². The van der Waals surface area contributed by atoms with Gasteiger partial charge in [0.05, 0.1) is 11.5 Å². The number of fused-ring (bicyclic) bond motifs is 2. The lowest BCUT2D eigenvalue weighted by Crippen LogP contribution is -2.20. The van der Waals surface area contributed by atoms with Crippen LogP contribution in [0.2, 0.25) is 0 Å². The fourth-order valence-corrected chi connectivity index (χ4v) is 3.77. The maximum atomic E-state index is 12.2. The molecular formula is C27H26O7. The van der Waals surface area contributed by atoms with Crippen LogP contribution in [0, 0.1) is 5.92 Å². The van der Waals surface area contributed by atoms with Crippen molar-refractivity contribution in [2.45, 2.75) is 33.1 Å². The molecule has 0 radical (unpaired) electrons. The second-order valence-electron chi connectivity index (χ2n) is 8.62. The van der Waals surface area contributed by atoms with Crippen molar-refractivity contribution in [2.24, 2.45) is 5.92 Å². The first-order valence-electron chi connectivity index (χ1n) is 10.8. The molecule has 3 aromatic rings. The third kappa shape index (κ3) is 4.78. The van der Waals surface area contributed by atoms with Crippen molar-refractivity contribution in [1.29, 1.82) is 0 Å². The Morgan fingerprint density at radius 2 is 1.35 bits per heavy atom. The molecule has 0 aliphatic heterocycles. The van der Waals surface area contributed by atoms with E-state index in [0.717, 1.165) is 18.1 Å². The first-order valence-corrected chi connectivity index (χ1v) is 10.8. The molecule has 3 aromatic carbocycles. The topological polar surface area (TPSA) is 132 Å². The van der Waals surface area contributed by atoms with E-state index in [1.165, 1.54) is 17.7 Å². The molecule has 7 heteroatoms. The standard InChI is InChI=1S/C14H8O5.C13H18O2/c15-9-5-8-10(14(19)13(9)18)12(17)7-4-2-1-3-6(7)11(8)16;1-9(2)8-11-4-6-12(7-5-11)10(3)13(14)15/h1-5,15,18-19H;4-7,9-10H,8H2,1-3H3,(H,14,15). The highest BCUT2D eigenvalue weighted by Crippen LogP contribution is 2.43. The van der Waals surface area contributed by atoms with E-state index in [2.05, 4.69) is 13.8 Å². The summed E-state index contributed by atoms with van der Waals surface area (Å²) in [6.45, 7) is 6.06. The Morgan fingerprint density at radius 3 is 1.88 bits per heavy atom. The number of carboxylic acid groups (broad SMARTS) is 1. The summed E-state index contributed by atoms with van der Waals surface area (Å²) in [5, 5.41) is 37.5. The Labute approximate surface area is 196 Å². The minimum atomic E-state index is -0.806. The molecule has 0 aromatic heterocycles. The van der Waals surface area contributed by atoms with E-state index in [1.54, 1.807) is 19.1 Å². The number of hydrogen-bond donors (Lipinski definition) is 4. The van der Waals surface area contributed by atoms with Gasteiger partial charge in [-0.15, -0.1) is 0 Å². The summed E-state index contributed by atoms with van der Waals surface area (Å²) >= 11 is 0. The highest BCUT2D eigenvalue weighted by atomic mass is 16.4. The second-order valence-corrected chi connectivity index (χ2v) is 8.62. The number of benzene rings is 3. The van der Waals surface area contributed by atoms with Crippen LogP contribution < -0.4 is 0 Å². The Morgan fingerprint density at radius 1 is 0.794 bits per heavy atom. The van der Waals surface area contributed by atoms with E-state index < -0.39 is 40.7 Å². The third-order valence-corrected chi connectivity index (χ3v) is 5.64. The predicted octanol–water partition coefficient (Wildman–Crippen LogP) is 4.65. The van der Waals surface area contributed by atoms with Crippen LogP contribution in [-0.2, 0) is 11.2 Å². The molecule has 1 unspecified atom stereocenters. The van der Waals surface area contributed by atoms with Crippen LogP contribution in [0.5, 0.6) is 17.2 Å². The molecule has 0 saturated carbocycles. The minimum absolute atomic E-state index is 0.114. The van der Waals surface area contributed by atoms with Crippen molar-refractivity contribution < 1.29 is 34.8 Å². The van der Waals surface area contributed by atoms with Gasteiger partial charge in [-0.05, 0) is 36.5 Å². The molecular weight excluding hydrogens is 436 g/mol. The van der Waals surface area contributed by atoms with Gasteiger partial charge >= 0.3 is 5.97 Å². The van der Waals surface area contributed by atoms with Crippen molar-refractivity contribution >= 4 is 17.5 Å². The zero-order valence-corrected chi connectivity index (χ0v) is 19.1. The molecule has 0 fully saturated rings. The highest BCUT2D eigenvalue weighted by Gasteiger charge is 2.34. The first kappa shape index (κ1) is 24.5. The number of carbonyl (C=O) groups excluding carboxylic acids is 2. The zero-order valence-electron chi connectivity index (χ0n) is 19.1. The summed E-state index contributed by atoms with van der Waals surface area (Å²) in [7, 11) is 0. The molecule has 176 valence electrons. The van der Waals surface area contributed by atoms with E-state index in [1.807, 2.05) is 24.3 Å². The Hall–Kier alpha value is -4.13. The molecule has 1 atom stereocenters. The average molecular weight is 462 g/mol. The molecule has 7 nitrogen and oxygen atoms in total. The molecule has 4 rings (SSSR count). The Bertz CT molecular complexity index is 1260. The van der Waals surface area contributed by atoms with Crippen LogP contribution >= 0.6 is 0 Å². The van der Waals surface area contributed by atoms with Gasteiger partial charge in [0.2, 0.25) is 5.75 Å².